The predicted octanol–water partition coefficient (Wildman–Crippen LogP) is 4.41. The maximum absolute atomic E-state index is 4.36. The fourth-order valence-corrected chi connectivity index (χ4v) is 2.16. The van der Waals surface area contributed by atoms with Crippen molar-refractivity contribution in [1.29, 1.82) is 0 Å². The van der Waals surface area contributed by atoms with Crippen molar-refractivity contribution in [3.63, 3.8) is 0 Å². The first kappa shape index (κ1) is 12.1. The Balaban J connectivity index is 0.00000108. The molecule has 0 aliphatic heterocycles. The second-order valence-corrected chi connectivity index (χ2v) is 4.54. The van der Waals surface area contributed by atoms with Gasteiger partial charge < -0.3 is 0 Å². The monoisotopic (exact) mass is 308 g/mol. The van der Waals surface area contributed by atoms with Gasteiger partial charge >= 0.3 is 0 Å². The third-order valence-corrected chi connectivity index (χ3v) is 3.07. The molecule has 1 aromatic heterocycles. The lowest BCUT2D eigenvalue weighted by Crippen LogP contribution is -1.77. The minimum absolute atomic E-state index is 0. The molecule has 0 saturated carbocycles. The summed E-state index contributed by atoms with van der Waals surface area (Å²) in [7, 11) is 0. The molecular formula is C13H10BrClN2. The second kappa shape index (κ2) is 4.90. The van der Waals surface area contributed by atoms with Crippen LogP contribution in [0.2, 0.25) is 0 Å². The van der Waals surface area contributed by atoms with Gasteiger partial charge in [0.05, 0.1) is 11.2 Å². The molecule has 0 spiro atoms. The van der Waals surface area contributed by atoms with Crippen LogP contribution in [-0.2, 0) is 0 Å². The maximum atomic E-state index is 4.36. The first-order valence-corrected chi connectivity index (χ1v) is 5.83. The van der Waals surface area contributed by atoms with Gasteiger partial charge in [0.15, 0.2) is 0 Å². The lowest BCUT2D eigenvalue weighted by atomic mass is 10.1. The topological polar surface area (TPSA) is 28.7 Å². The number of fused-ring (bicyclic) bond motifs is 1. The number of H-pyrrole nitrogens is 1. The van der Waals surface area contributed by atoms with Crippen molar-refractivity contribution in [3.05, 3.63) is 53.0 Å². The van der Waals surface area contributed by atoms with Crippen LogP contribution in [0.4, 0.5) is 0 Å². The zero-order valence-corrected chi connectivity index (χ0v) is 11.3. The Hall–Kier alpha value is -1.32. The summed E-state index contributed by atoms with van der Waals surface area (Å²) >= 11 is 3.48. The SMILES string of the molecule is Brc1ccc2[nH]nc(-c3ccccc3)c2c1.Cl. The van der Waals surface area contributed by atoms with E-state index >= 15 is 0 Å². The Morgan fingerprint density at radius 1 is 1.00 bits per heavy atom. The highest BCUT2D eigenvalue weighted by Gasteiger charge is 2.07. The van der Waals surface area contributed by atoms with Crippen LogP contribution in [0.5, 0.6) is 0 Å². The summed E-state index contributed by atoms with van der Waals surface area (Å²) < 4.78 is 1.07. The number of rotatable bonds is 1. The van der Waals surface area contributed by atoms with Crippen LogP contribution >= 0.6 is 28.3 Å². The van der Waals surface area contributed by atoms with Crippen LogP contribution in [0.3, 0.4) is 0 Å². The number of halogens is 2. The molecule has 0 radical (unpaired) electrons. The summed E-state index contributed by atoms with van der Waals surface area (Å²) in [5, 5.41) is 8.54. The van der Waals surface area contributed by atoms with Gasteiger partial charge in [-0.25, -0.2) is 0 Å². The van der Waals surface area contributed by atoms with E-state index < -0.39 is 0 Å². The van der Waals surface area contributed by atoms with Gasteiger partial charge in [-0.1, -0.05) is 46.3 Å². The molecule has 3 rings (SSSR count). The molecule has 0 saturated heterocycles. The van der Waals surface area contributed by atoms with Crippen molar-refractivity contribution in [3.8, 4) is 11.3 Å². The number of nitrogens with zero attached hydrogens (tertiary/aromatic N) is 1. The minimum Gasteiger partial charge on any atom is -0.277 e. The molecule has 0 unspecified atom stereocenters. The molecule has 2 nitrogen and oxygen atoms in total. The molecule has 0 fully saturated rings. The number of hydrogen-bond donors (Lipinski definition) is 1. The van der Waals surface area contributed by atoms with Crippen LogP contribution in [-0.4, -0.2) is 10.2 Å². The quantitative estimate of drug-likeness (QED) is 0.708. The molecule has 0 aliphatic carbocycles. The minimum atomic E-state index is 0. The second-order valence-electron chi connectivity index (χ2n) is 3.63. The van der Waals surface area contributed by atoms with E-state index in [2.05, 4.69) is 44.3 Å². The Morgan fingerprint density at radius 2 is 1.76 bits per heavy atom. The van der Waals surface area contributed by atoms with E-state index in [0.29, 0.717) is 0 Å². The highest BCUT2D eigenvalue weighted by Crippen LogP contribution is 2.28. The van der Waals surface area contributed by atoms with Gasteiger partial charge in [0.1, 0.15) is 0 Å². The highest BCUT2D eigenvalue weighted by atomic mass is 79.9. The smallest absolute Gasteiger partial charge is 0.0999 e. The fourth-order valence-electron chi connectivity index (χ4n) is 1.80. The summed E-state index contributed by atoms with van der Waals surface area (Å²) in [6, 6.07) is 16.3. The van der Waals surface area contributed by atoms with Gasteiger partial charge in [-0.3, -0.25) is 5.10 Å². The van der Waals surface area contributed by atoms with E-state index in [1.807, 2.05) is 30.3 Å². The van der Waals surface area contributed by atoms with Gasteiger partial charge in [-0.05, 0) is 18.2 Å². The van der Waals surface area contributed by atoms with Gasteiger partial charge in [0.25, 0.3) is 0 Å². The number of aromatic amines is 1. The van der Waals surface area contributed by atoms with Crippen molar-refractivity contribution in [1.82, 2.24) is 10.2 Å². The molecule has 1 N–H and O–H groups in total. The number of aromatic nitrogens is 2. The van der Waals surface area contributed by atoms with E-state index in [0.717, 1.165) is 26.6 Å². The standard InChI is InChI=1S/C13H9BrN2.ClH/c14-10-6-7-12-11(8-10)13(16-15-12)9-4-2-1-3-5-9;/h1-8H,(H,15,16);1H. The van der Waals surface area contributed by atoms with Crippen LogP contribution < -0.4 is 0 Å². The average molecular weight is 310 g/mol. The zero-order chi connectivity index (χ0) is 11.0. The van der Waals surface area contributed by atoms with Crippen LogP contribution in [0.25, 0.3) is 22.2 Å². The summed E-state index contributed by atoms with van der Waals surface area (Å²) in [6.07, 6.45) is 0. The maximum Gasteiger partial charge on any atom is 0.0999 e. The van der Waals surface area contributed by atoms with Crippen molar-refractivity contribution in [2.75, 3.05) is 0 Å². The lowest BCUT2D eigenvalue weighted by molar-refractivity contribution is 1.12. The molecule has 17 heavy (non-hydrogen) atoms. The molecule has 1 heterocycles. The van der Waals surface area contributed by atoms with E-state index in [4.69, 9.17) is 0 Å². The number of nitrogens with one attached hydrogen (secondary N) is 1. The molecule has 0 aliphatic rings. The molecule has 0 bridgehead atoms. The van der Waals surface area contributed by atoms with Gasteiger partial charge in [-0.2, -0.15) is 5.10 Å². The molecule has 0 amide bonds. The average Bonchev–Trinajstić information content (AvgIpc) is 2.73. The molecule has 4 heteroatoms. The Morgan fingerprint density at radius 3 is 2.53 bits per heavy atom. The predicted molar refractivity (Wildman–Crippen MR) is 76.5 cm³/mol. The van der Waals surface area contributed by atoms with Crippen LogP contribution in [0.1, 0.15) is 0 Å². The summed E-state index contributed by atoms with van der Waals surface area (Å²) in [6.45, 7) is 0. The van der Waals surface area contributed by atoms with Crippen molar-refractivity contribution >= 4 is 39.2 Å². The zero-order valence-electron chi connectivity index (χ0n) is 8.85. The summed E-state index contributed by atoms with van der Waals surface area (Å²) in [5.41, 5.74) is 3.19. The van der Waals surface area contributed by atoms with Gasteiger partial charge in [0.2, 0.25) is 0 Å². The molecular weight excluding hydrogens is 300 g/mol. The van der Waals surface area contributed by atoms with E-state index in [-0.39, 0.29) is 12.4 Å². The fraction of sp³-hybridized carbons (Fsp3) is 0. The largest absolute Gasteiger partial charge is 0.277 e. The molecule has 3 aromatic rings. The molecule has 0 atom stereocenters. The van der Waals surface area contributed by atoms with Crippen molar-refractivity contribution in [2.45, 2.75) is 0 Å². The van der Waals surface area contributed by atoms with E-state index in [1.165, 1.54) is 0 Å². The highest BCUT2D eigenvalue weighted by molar-refractivity contribution is 9.10. The Bertz CT molecular complexity index is 634. The van der Waals surface area contributed by atoms with Gasteiger partial charge in [0, 0.05) is 15.4 Å². The van der Waals surface area contributed by atoms with E-state index in [1.54, 1.807) is 0 Å². The Labute approximate surface area is 114 Å². The summed E-state index contributed by atoms with van der Waals surface area (Å²) in [4.78, 5) is 0. The van der Waals surface area contributed by atoms with Crippen LogP contribution in [0.15, 0.2) is 53.0 Å². The molecule has 86 valence electrons. The lowest BCUT2D eigenvalue weighted by Gasteiger charge is -1.97. The van der Waals surface area contributed by atoms with E-state index in [9.17, 15) is 0 Å². The van der Waals surface area contributed by atoms with Crippen LogP contribution in [0, 0.1) is 0 Å². The third kappa shape index (κ3) is 2.21. The van der Waals surface area contributed by atoms with Gasteiger partial charge in [-0.15, -0.1) is 12.4 Å². The van der Waals surface area contributed by atoms with Crippen molar-refractivity contribution < 1.29 is 0 Å². The third-order valence-electron chi connectivity index (χ3n) is 2.57. The first-order valence-electron chi connectivity index (χ1n) is 5.03. The molecule has 2 aromatic carbocycles. The van der Waals surface area contributed by atoms with Crippen molar-refractivity contribution in [2.24, 2.45) is 0 Å². The number of benzene rings is 2. The normalized spacial score (nSPS) is 10.2. The first-order chi connectivity index (χ1) is 7.84. The Kier molecular flexibility index (Phi) is 3.50. The number of hydrogen-bond acceptors (Lipinski definition) is 1. The summed E-state index contributed by atoms with van der Waals surface area (Å²) in [5.74, 6) is 0.